The number of rotatable bonds is 8. The summed E-state index contributed by atoms with van der Waals surface area (Å²) in [6, 6.07) is 5.76. The SMILES string of the molecule is CN(CC(N)=O)C(=O)c1ccc(N2CC[C@H](NS(=O)(=O)/C=C/c3ccc(Cl)s3)C2=O)c(F)c1. The van der Waals surface area contributed by atoms with E-state index in [9.17, 15) is 27.2 Å². The molecule has 0 unspecified atom stereocenters. The van der Waals surface area contributed by atoms with Crippen LogP contribution in [0.1, 0.15) is 21.7 Å². The molecule has 0 aliphatic carbocycles. The number of carbonyl (C=O) groups excluding carboxylic acids is 3. The van der Waals surface area contributed by atoms with Gasteiger partial charge in [-0.3, -0.25) is 14.4 Å². The summed E-state index contributed by atoms with van der Waals surface area (Å²) in [5.41, 5.74) is 4.95. The Morgan fingerprint density at radius 2 is 2.09 bits per heavy atom. The molecule has 3 N–H and O–H groups in total. The number of primary amides is 1. The third-order valence-electron chi connectivity index (χ3n) is 4.74. The summed E-state index contributed by atoms with van der Waals surface area (Å²) in [4.78, 5) is 38.8. The third kappa shape index (κ3) is 6.16. The molecular formula is C20H20ClFN4O5S2. The van der Waals surface area contributed by atoms with Gasteiger partial charge in [-0.2, -0.15) is 4.72 Å². The minimum atomic E-state index is -3.94. The van der Waals surface area contributed by atoms with Crippen LogP contribution in [0.2, 0.25) is 4.34 Å². The maximum atomic E-state index is 14.7. The number of nitrogens with zero attached hydrogens (tertiary/aromatic N) is 2. The topological polar surface area (TPSA) is 130 Å². The predicted octanol–water partition coefficient (Wildman–Crippen LogP) is 1.79. The molecule has 1 aliphatic heterocycles. The first-order chi connectivity index (χ1) is 15.5. The van der Waals surface area contributed by atoms with Crippen LogP contribution < -0.4 is 15.4 Å². The molecule has 3 rings (SSSR count). The van der Waals surface area contributed by atoms with Gasteiger partial charge in [0.2, 0.25) is 21.8 Å². The van der Waals surface area contributed by atoms with Crippen LogP contribution in [0.15, 0.2) is 35.7 Å². The van der Waals surface area contributed by atoms with E-state index < -0.39 is 39.6 Å². The fourth-order valence-electron chi connectivity index (χ4n) is 3.23. The molecule has 1 aromatic carbocycles. The lowest BCUT2D eigenvalue weighted by molar-refractivity contribution is -0.119. The molecule has 33 heavy (non-hydrogen) atoms. The number of benzene rings is 1. The van der Waals surface area contributed by atoms with Crippen molar-refractivity contribution in [1.29, 1.82) is 0 Å². The number of amides is 3. The van der Waals surface area contributed by atoms with Gasteiger partial charge in [-0.25, -0.2) is 12.8 Å². The predicted molar refractivity (Wildman–Crippen MR) is 124 cm³/mol. The van der Waals surface area contributed by atoms with Crippen LogP contribution in [0, 0.1) is 5.82 Å². The lowest BCUT2D eigenvalue weighted by atomic mass is 10.1. The first kappa shape index (κ1) is 24.8. The highest BCUT2D eigenvalue weighted by Crippen LogP contribution is 2.27. The van der Waals surface area contributed by atoms with E-state index in [0.717, 1.165) is 21.3 Å². The van der Waals surface area contributed by atoms with E-state index in [4.69, 9.17) is 17.3 Å². The Bertz CT molecular complexity index is 1230. The molecule has 1 aromatic heterocycles. The van der Waals surface area contributed by atoms with Gasteiger partial charge in [0.15, 0.2) is 0 Å². The molecule has 2 aromatic rings. The van der Waals surface area contributed by atoms with Gasteiger partial charge in [0.1, 0.15) is 11.9 Å². The fourth-order valence-corrected chi connectivity index (χ4v) is 5.29. The molecule has 2 heterocycles. The van der Waals surface area contributed by atoms with Crippen molar-refractivity contribution in [1.82, 2.24) is 9.62 Å². The second kappa shape index (κ2) is 10.00. The highest BCUT2D eigenvalue weighted by atomic mass is 35.5. The van der Waals surface area contributed by atoms with Crippen molar-refractivity contribution in [2.24, 2.45) is 5.73 Å². The first-order valence-electron chi connectivity index (χ1n) is 9.57. The monoisotopic (exact) mass is 514 g/mol. The molecule has 0 radical (unpaired) electrons. The number of carbonyl (C=O) groups is 3. The van der Waals surface area contributed by atoms with Crippen molar-refractivity contribution >= 4 is 62.4 Å². The van der Waals surface area contributed by atoms with Crippen molar-refractivity contribution in [3.05, 3.63) is 56.3 Å². The lowest BCUT2D eigenvalue weighted by Gasteiger charge is -2.19. The zero-order chi connectivity index (χ0) is 24.3. The van der Waals surface area contributed by atoms with E-state index in [0.29, 0.717) is 9.21 Å². The fraction of sp³-hybridized carbons (Fsp3) is 0.250. The Balaban J connectivity index is 1.69. The zero-order valence-electron chi connectivity index (χ0n) is 17.3. The zero-order valence-corrected chi connectivity index (χ0v) is 19.7. The number of hydrogen-bond acceptors (Lipinski definition) is 6. The number of sulfonamides is 1. The maximum absolute atomic E-state index is 14.7. The van der Waals surface area contributed by atoms with Crippen LogP contribution in [0.4, 0.5) is 10.1 Å². The highest BCUT2D eigenvalue weighted by molar-refractivity contribution is 7.92. The van der Waals surface area contributed by atoms with E-state index in [2.05, 4.69) is 4.72 Å². The molecule has 1 fully saturated rings. The molecule has 0 saturated carbocycles. The van der Waals surface area contributed by atoms with Crippen LogP contribution in [0.3, 0.4) is 0 Å². The molecule has 13 heteroatoms. The summed E-state index contributed by atoms with van der Waals surface area (Å²) in [6.45, 7) is -0.245. The van der Waals surface area contributed by atoms with E-state index in [1.807, 2.05) is 0 Å². The van der Waals surface area contributed by atoms with Crippen LogP contribution in [-0.2, 0) is 19.6 Å². The summed E-state index contributed by atoms with van der Waals surface area (Å²) in [7, 11) is -2.59. The normalized spacial score (nSPS) is 16.5. The number of anilines is 1. The van der Waals surface area contributed by atoms with Gasteiger partial charge in [-0.1, -0.05) is 11.6 Å². The van der Waals surface area contributed by atoms with Crippen molar-refractivity contribution in [3.63, 3.8) is 0 Å². The number of thiophene rings is 1. The van der Waals surface area contributed by atoms with Crippen molar-refractivity contribution in [3.8, 4) is 0 Å². The van der Waals surface area contributed by atoms with Crippen LogP contribution in [0.25, 0.3) is 6.08 Å². The molecular weight excluding hydrogens is 495 g/mol. The molecule has 1 saturated heterocycles. The summed E-state index contributed by atoms with van der Waals surface area (Å²) in [5, 5.41) is 0.939. The second-order valence-corrected chi connectivity index (χ2v) is 10.6. The minimum Gasteiger partial charge on any atom is -0.368 e. The van der Waals surface area contributed by atoms with Gasteiger partial charge in [0.05, 0.1) is 16.6 Å². The Labute approximate surface area is 198 Å². The molecule has 0 spiro atoms. The Hall–Kier alpha value is -2.80. The lowest BCUT2D eigenvalue weighted by Crippen LogP contribution is -2.41. The summed E-state index contributed by atoms with van der Waals surface area (Å²) < 4.78 is 42.2. The van der Waals surface area contributed by atoms with Crippen LogP contribution in [-0.4, -0.2) is 57.2 Å². The molecule has 176 valence electrons. The summed E-state index contributed by atoms with van der Waals surface area (Å²) in [6.07, 6.45) is 1.50. The molecule has 9 nitrogen and oxygen atoms in total. The maximum Gasteiger partial charge on any atom is 0.254 e. The second-order valence-electron chi connectivity index (χ2n) is 7.23. The van der Waals surface area contributed by atoms with Crippen molar-refractivity contribution < 1.29 is 27.2 Å². The van der Waals surface area contributed by atoms with Gasteiger partial charge in [0.25, 0.3) is 5.91 Å². The number of hydrogen-bond donors (Lipinski definition) is 2. The first-order valence-corrected chi connectivity index (χ1v) is 12.3. The van der Waals surface area contributed by atoms with E-state index >= 15 is 0 Å². The van der Waals surface area contributed by atoms with E-state index in [1.54, 1.807) is 12.1 Å². The smallest absolute Gasteiger partial charge is 0.254 e. The van der Waals surface area contributed by atoms with Crippen molar-refractivity contribution in [2.45, 2.75) is 12.5 Å². The number of nitrogens with one attached hydrogen (secondary N) is 1. The van der Waals surface area contributed by atoms with Crippen molar-refractivity contribution in [2.75, 3.05) is 25.0 Å². The molecule has 3 amide bonds. The third-order valence-corrected chi connectivity index (χ3v) is 7.05. The number of likely N-dealkylation sites (N-methyl/N-ethyl adjacent to an activating group) is 1. The molecule has 1 atom stereocenters. The van der Waals surface area contributed by atoms with Gasteiger partial charge in [-0.05, 0) is 42.8 Å². The average Bonchev–Trinajstić information content (AvgIpc) is 3.31. The van der Waals surface area contributed by atoms with E-state index in [1.165, 1.54) is 36.6 Å². The molecule has 0 bridgehead atoms. The summed E-state index contributed by atoms with van der Waals surface area (Å²) >= 11 is 7.01. The highest BCUT2D eigenvalue weighted by Gasteiger charge is 2.36. The Morgan fingerprint density at radius 3 is 2.70 bits per heavy atom. The van der Waals surface area contributed by atoms with Gasteiger partial charge >= 0.3 is 0 Å². The number of nitrogens with two attached hydrogens (primary N) is 1. The Morgan fingerprint density at radius 1 is 1.36 bits per heavy atom. The largest absolute Gasteiger partial charge is 0.368 e. The summed E-state index contributed by atoms with van der Waals surface area (Å²) in [5.74, 6) is -2.78. The quantitative estimate of drug-likeness (QED) is 0.554. The standard InChI is InChI=1S/C20H20ClFN4O5S2/c1-25(11-18(23)27)19(28)12-2-4-16(14(22)10-12)26-8-6-15(20(26)29)24-33(30,31)9-7-13-3-5-17(21)32-13/h2-5,7,9-10,15,24H,6,8,11H2,1H3,(H2,23,27)/b9-7+/t15-/m0/s1. The van der Waals surface area contributed by atoms with Gasteiger partial charge in [0, 0.05) is 29.4 Å². The molecule has 1 aliphatic rings. The van der Waals surface area contributed by atoms with Gasteiger partial charge in [-0.15, -0.1) is 11.3 Å². The Kier molecular flexibility index (Phi) is 7.52. The van der Waals surface area contributed by atoms with Crippen LogP contribution >= 0.6 is 22.9 Å². The van der Waals surface area contributed by atoms with E-state index in [-0.39, 0.29) is 30.8 Å². The minimum absolute atomic E-state index is 0.0253. The van der Waals surface area contributed by atoms with Gasteiger partial charge < -0.3 is 15.5 Å². The van der Waals surface area contributed by atoms with Crippen LogP contribution in [0.5, 0.6) is 0 Å². The average molecular weight is 515 g/mol. The number of halogens is 2.